The number of ether oxygens (including phenoxy) is 1. The van der Waals surface area contributed by atoms with Crippen LogP contribution in [0, 0.1) is 5.82 Å². The second kappa shape index (κ2) is 6.57. The monoisotopic (exact) mass is 385 g/mol. The number of rotatable bonds is 5. The highest BCUT2D eigenvalue weighted by atomic mass is 35.5. The number of nitrogens with zero attached hydrogens (tertiary/aromatic N) is 2. The van der Waals surface area contributed by atoms with Gasteiger partial charge in [0.2, 0.25) is 0 Å². The summed E-state index contributed by atoms with van der Waals surface area (Å²) in [5.41, 5.74) is 0.435. The molecule has 1 aliphatic rings. The van der Waals surface area contributed by atoms with Crippen molar-refractivity contribution in [1.29, 1.82) is 0 Å². The standard InChI is InChI=1S/C15H13ClFN3O4S/c1-24-13-7-12(18-19-14(13)8-2-3-8)15(21)20-25(22,23)9-4-5-11(17)10(16)6-9/h4-8H,2-3H2,1H3,(H,20,21). The molecule has 7 nitrogen and oxygen atoms in total. The number of sulfonamides is 1. The van der Waals surface area contributed by atoms with E-state index in [2.05, 4.69) is 10.2 Å². The summed E-state index contributed by atoms with van der Waals surface area (Å²) >= 11 is 5.57. The lowest BCUT2D eigenvalue weighted by Crippen LogP contribution is -2.31. The van der Waals surface area contributed by atoms with Crippen LogP contribution in [0.25, 0.3) is 0 Å². The van der Waals surface area contributed by atoms with Crippen LogP contribution in [-0.4, -0.2) is 31.6 Å². The Balaban J connectivity index is 1.84. The largest absolute Gasteiger partial charge is 0.495 e. The summed E-state index contributed by atoms with van der Waals surface area (Å²) in [6.07, 6.45) is 1.94. The zero-order valence-electron chi connectivity index (χ0n) is 13.0. The molecule has 0 saturated heterocycles. The zero-order chi connectivity index (χ0) is 18.2. The Kier molecular flexibility index (Phi) is 4.61. The van der Waals surface area contributed by atoms with Gasteiger partial charge in [0, 0.05) is 12.0 Å². The van der Waals surface area contributed by atoms with Crippen molar-refractivity contribution in [1.82, 2.24) is 14.9 Å². The molecule has 1 saturated carbocycles. The third-order valence-corrected chi connectivity index (χ3v) is 5.25. The van der Waals surface area contributed by atoms with E-state index in [4.69, 9.17) is 16.3 Å². The van der Waals surface area contributed by atoms with Crippen LogP contribution >= 0.6 is 11.6 Å². The SMILES string of the molecule is COc1cc(C(=O)NS(=O)(=O)c2ccc(F)c(Cl)c2)nnc1C1CC1. The van der Waals surface area contributed by atoms with Gasteiger partial charge in [0.1, 0.15) is 17.3 Å². The van der Waals surface area contributed by atoms with Crippen LogP contribution in [0.15, 0.2) is 29.2 Å². The quantitative estimate of drug-likeness (QED) is 0.847. The van der Waals surface area contributed by atoms with E-state index in [0.717, 1.165) is 31.0 Å². The number of amides is 1. The number of benzene rings is 1. The summed E-state index contributed by atoms with van der Waals surface area (Å²) in [6, 6.07) is 4.14. The zero-order valence-corrected chi connectivity index (χ0v) is 14.6. The molecule has 1 aromatic heterocycles. The van der Waals surface area contributed by atoms with Gasteiger partial charge in [-0.2, -0.15) is 5.10 Å². The van der Waals surface area contributed by atoms with Crippen LogP contribution in [-0.2, 0) is 10.0 Å². The van der Waals surface area contributed by atoms with Gasteiger partial charge >= 0.3 is 0 Å². The molecule has 0 bridgehead atoms. The molecule has 0 spiro atoms. The average Bonchev–Trinajstić information content (AvgIpc) is 3.41. The minimum atomic E-state index is -4.24. The Hall–Kier alpha value is -2.26. The molecule has 3 rings (SSSR count). The van der Waals surface area contributed by atoms with Crippen LogP contribution < -0.4 is 9.46 Å². The lowest BCUT2D eigenvalue weighted by molar-refractivity contribution is 0.0975. The highest BCUT2D eigenvalue weighted by molar-refractivity contribution is 7.90. The number of carbonyl (C=O) groups excluding carboxylic acids is 1. The van der Waals surface area contributed by atoms with Crippen molar-refractivity contribution in [2.24, 2.45) is 0 Å². The van der Waals surface area contributed by atoms with E-state index >= 15 is 0 Å². The Bertz CT molecular complexity index is 948. The third-order valence-electron chi connectivity index (χ3n) is 3.63. The number of hydrogen-bond acceptors (Lipinski definition) is 6. The number of methoxy groups -OCH3 is 1. The van der Waals surface area contributed by atoms with Crippen molar-refractivity contribution in [2.45, 2.75) is 23.7 Å². The smallest absolute Gasteiger partial charge is 0.285 e. The molecule has 10 heteroatoms. The van der Waals surface area contributed by atoms with E-state index in [0.29, 0.717) is 11.4 Å². The summed E-state index contributed by atoms with van der Waals surface area (Å²) < 4.78 is 44.6. The van der Waals surface area contributed by atoms with E-state index in [1.807, 2.05) is 4.72 Å². The van der Waals surface area contributed by atoms with Gasteiger partial charge < -0.3 is 4.74 Å². The van der Waals surface area contributed by atoms with E-state index in [1.54, 1.807) is 0 Å². The van der Waals surface area contributed by atoms with Crippen molar-refractivity contribution in [3.8, 4) is 5.75 Å². The predicted molar refractivity (Wildman–Crippen MR) is 86.6 cm³/mol. The van der Waals surface area contributed by atoms with Crippen LogP contribution in [0.2, 0.25) is 5.02 Å². The lowest BCUT2D eigenvalue weighted by atomic mass is 10.2. The molecule has 1 amide bonds. The van der Waals surface area contributed by atoms with Gasteiger partial charge in [-0.3, -0.25) is 4.79 Å². The van der Waals surface area contributed by atoms with Crippen LogP contribution in [0.4, 0.5) is 4.39 Å². The highest BCUT2D eigenvalue weighted by Gasteiger charge is 2.30. The molecule has 2 aromatic rings. The minimum absolute atomic E-state index is 0.210. The Morgan fingerprint density at radius 1 is 1.32 bits per heavy atom. The molecule has 25 heavy (non-hydrogen) atoms. The first-order valence-electron chi connectivity index (χ1n) is 7.25. The van der Waals surface area contributed by atoms with E-state index in [1.165, 1.54) is 13.2 Å². The Morgan fingerprint density at radius 2 is 2.04 bits per heavy atom. The molecule has 1 fully saturated rings. The Morgan fingerprint density at radius 3 is 2.64 bits per heavy atom. The number of halogens is 2. The average molecular weight is 386 g/mol. The number of aromatic nitrogens is 2. The van der Waals surface area contributed by atoms with Crippen molar-refractivity contribution < 1.29 is 22.3 Å². The highest BCUT2D eigenvalue weighted by Crippen LogP contribution is 2.42. The van der Waals surface area contributed by atoms with Gasteiger partial charge in [0.15, 0.2) is 5.69 Å². The van der Waals surface area contributed by atoms with Crippen molar-refractivity contribution in [2.75, 3.05) is 7.11 Å². The molecule has 0 aliphatic heterocycles. The van der Waals surface area contributed by atoms with Gasteiger partial charge in [0.25, 0.3) is 15.9 Å². The van der Waals surface area contributed by atoms with Gasteiger partial charge in [-0.25, -0.2) is 17.5 Å². The van der Waals surface area contributed by atoms with Gasteiger partial charge in [-0.15, -0.1) is 5.10 Å². The fraction of sp³-hybridized carbons (Fsp3) is 0.267. The second-order valence-corrected chi connectivity index (χ2v) is 7.56. The molecule has 1 aromatic carbocycles. The first-order valence-corrected chi connectivity index (χ1v) is 9.11. The van der Waals surface area contributed by atoms with Crippen molar-refractivity contribution >= 4 is 27.5 Å². The fourth-order valence-corrected chi connectivity index (χ4v) is 3.41. The number of nitrogens with one attached hydrogen (secondary N) is 1. The summed E-state index contributed by atoms with van der Waals surface area (Å²) in [5.74, 6) is -1.11. The van der Waals surface area contributed by atoms with Gasteiger partial charge in [-0.05, 0) is 31.0 Å². The van der Waals surface area contributed by atoms with Crippen molar-refractivity contribution in [3.63, 3.8) is 0 Å². The van der Waals surface area contributed by atoms with E-state index < -0.39 is 21.7 Å². The molecular formula is C15H13ClFN3O4S. The molecule has 0 atom stereocenters. The maximum Gasteiger partial charge on any atom is 0.285 e. The second-order valence-electron chi connectivity index (χ2n) is 5.47. The van der Waals surface area contributed by atoms with Crippen LogP contribution in [0.3, 0.4) is 0 Å². The van der Waals surface area contributed by atoms with Gasteiger partial charge in [-0.1, -0.05) is 11.6 Å². The van der Waals surface area contributed by atoms with E-state index in [9.17, 15) is 17.6 Å². The minimum Gasteiger partial charge on any atom is -0.495 e. The summed E-state index contributed by atoms with van der Waals surface area (Å²) in [7, 11) is -2.81. The van der Waals surface area contributed by atoms with E-state index in [-0.39, 0.29) is 21.5 Å². The maximum absolute atomic E-state index is 13.2. The third kappa shape index (κ3) is 3.72. The number of carbonyl (C=O) groups is 1. The summed E-state index contributed by atoms with van der Waals surface area (Å²) in [4.78, 5) is 11.8. The molecular weight excluding hydrogens is 373 g/mol. The summed E-state index contributed by atoms with van der Waals surface area (Å²) in [6.45, 7) is 0. The molecule has 1 heterocycles. The molecule has 1 aliphatic carbocycles. The summed E-state index contributed by atoms with van der Waals surface area (Å²) in [5, 5.41) is 7.36. The van der Waals surface area contributed by atoms with Gasteiger partial charge in [0.05, 0.1) is 17.0 Å². The fourth-order valence-electron chi connectivity index (χ4n) is 2.18. The topological polar surface area (TPSA) is 98.2 Å². The first kappa shape index (κ1) is 17.6. The first-order chi connectivity index (χ1) is 11.8. The molecule has 0 radical (unpaired) electrons. The van der Waals surface area contributed by atoms with Crippen LogP contribution in [0.5, 0.6) is 5.75 Å². The normalized spacial score (nSPS) is 14.2. The number of hydrogen-bond donors (Lipinski definition) is 1. The molecule has 132 valence electrons. The Labute approximate surface area is 148 Å². The lowest BCUT2D eigenvalue weighted by Gasteiger charge is -2.09. The van der Waals surface area contributed by atoms with Crippen LogP contribution in [0.1, 0.15) is 34.9 Å². The molecule has 1 N–H and O–H groups in total. The van der Waals surface area contributed by atoms with Crippen molar-refractivity contribution in [3.05, 3.63) is 46.5 Å². The maximum atomic E-state index is 13.2. The predicted octanol–water partition coefficient (Wildman–Crippen LogP) is 2.27. The molecule has 0 unspecified atom stereocenters.